The van der Waals surface area contributed by atoms with Crippen LogP contribution in [-0.4, -0.2) is 12.7 Å². The fourth-order valence-electron chi connectivity index (χ4n) is 10.3. The van der Waals surface area contributed by atoms with Gasteiger partial charge < -0.3 is 4.74 Å². The van der Waals surface area contributed by atoms with E-state index in [1.165, 1.54) is 77.0 Å². The van der Waals surface area contributed by atoms with Gasteiger partial charge in [0.05, 0.1) is 6.10 Å². The first-order valence-electron chi connectivity index (χ1n) is 14.9. The van der Waals surface area contributed by atoms with Crippen molar-refractivity contribution in [1.29, 1.82) is 0 Å². The van der Waals surface area contributed by atoms with Gasteiger partial charge in [0, 0.05) is 6.61 Å². The molecule has 0 aromatic carbocycles. The van der Waals surface area contributed by atoms with Crippen molar-refractivity contribution in [3.8, 4) is 0 Å². The van der Waals surface area contributed by atoms with Gasteiger partial charge in [-0.05, 0) is 129 Å². The Bertz CT molecular complexity index is 612. The highest BCUT2D eigenvalue weighted by Gasteiger charge is 2.60. The predicted molar refractivity (Wildman–Crippen MR) is 138 cm³/mol. The first-order chi connectivity index (χ1) is 15.2. The summed E-state index contributed by atoms with van der Waals surface area (Å²) < 4.78 is 6.10. The molecule has 0 heterocycles. The topological polar surface area (TPSA) is 9.23 Å². The molecule has 10 atom stereocenters. The summed E-state index contributed by atoms with van der Waals surface area (Å²) in [4.78, 5) is 0. The maximum atomic E-state index is 6.10. The third kappa shape index (κ3) is 4.35. The smallest absolute Gasteiger partial charge is 0.0578 e. The minimum Gasteiger partial charge on any atom is -0.378 e. The van der Waals surface area contributed by atoms with Crippen LogP contribution < -0.4 is 0 Å². The van der Waals surface area contributed by atoms with Gasteiger partial charge in [0.2, 0.25) is 0 Å². The van der Waals surface area contributed by atoms with Crippen LogP contribution in [0.25, 0.3) is 0 Å². The quantitative estimate of drug-likeness (QED) is 0.362. The summed E-state index contributed by atoms with van der Waals surface area (Å²) >= 11 is 0. The molecule has 4 aliphatic rings. The highest BCUT2D eigenvalue weighted by molar-refractivity contribution is 5.09. The van der Waals surface area contributed by atoms with E-state index in [4.69, 9.17) is 4.74 Å². The molecular weight excluding hydrogens is 388 g/mol. The molecule has 4 saturated carbocycles. The lowest BCUT2D eigenvalue weighted by molar-refractivity contribution is -0.136. The van der Waals surface area contributed by atoms with Crippen LogP contribution in [-0.2, 0) is 4.74 Å². The molecule has 0 aromatic heterocycles. The Balaban J connectivity index is 1.43. The fraction of sp³-hybridized carbons (Fsp3) is 1.00. The Labute approximate surface area is 201 Å². The van der Waals surface area contributed by atoms with Gasteiger partial charge in [-0.25, -0.2) is 0 Å². The molecule has 4 rings (SSSR count). The summed E-state index contributed by atoms with van der Waals surface area (Å²) in [6.45, 7) is 18.4. The Kier molecular flexibility index (Phi) is 7.76. The van der Waals surface area contributed by atoms with Crippen LogP contribution in [0.5, 0.6) is 0 Å². The standard InChI is InChI=1S/C31H56O/c1-8-23(21(3)4)11-10-22(5)27-14-15-28-26-13-12-24-20-25(32-9-2)16-18-30(24,6)29(26)17-19-31(27,28)7/h21-29H,8-20H2,1-7H3/t22-,23-,24?,25?,26+,27-,28+,29+,30+,31-/m1/s1. The molecule has 0 saturated heterocycles. The summed E-state index contributed by atoms with van der Waals surface area (Å²) in [5.41, 5.74) is 1.24. The zero-order chi connectivity index (χ0) is 23.1. The van der Waals surface area contributed by atoms with E-state index in [9.17, 15) is 0 Å². The van der Waals surface area contributed by atoms with Crippen LogP contribution in [0.15, 0.2) is 0 Å². The largest absolute Gasteiger partial charge is 0.378 e. The molecule has 186 valence electrons. The molecule has 0 aromatic rings. The first kappa shape index (κ1) is 25.1. The van der Waals surface area contributed by atoms with Gasteiger partial charge in [-0.3, -0.25) is 0 Å². The Hall–Kier alpha value is -0.0400. The van der Waals surface area contributed by atoms with E-state index >= 15 is 0 Å². The Morgan fingerprint density at radius 3 is 2.22 bits per heavy atom. The van der Waals surface area contributed by atoms with Gasteiger partial charge in [-0.15, -0.1) is 0 Å². The molecule has 0 N–H and O–H groups in total. The van der Waals surface area contributed by atoms with E-state index < -0.39 is 0 Å². The third-order valence-electron chi connectivity index (χ3n) is 12.2. The molecule has 1 heteroatoms. The lowest BCUT2D eigenvalue weighted by Crippen LogP contribution is -2.54. The van der Waals surface area contributed by atoms with Crippen molar-refractivity contribution in [3.05, 3.63) is 0 Å². The molecule has 4 fully saturated rings. The maximum Gasteiger partial charge on any atom is 0.0578 e. The van der Waals surface area contributed by atoms with Crippen LogP contribution in [0.2, 0.25) is 0 Å². The van der Waals surface area contributed by atoms with Crippen LogP contribution in [0.4, 0.5) is 0 Å². The third-order valence-corrected chi connectivity index (χ3v) is 12.2. The highest BCUT2D eigenvalue weighted by atomic mass is 16.5. The van der Waals surface area contributed by atoms with Crippen molar-refractivity contribution in [2.75, 3.05) is 6.61 Å². The molecule has 32 heavy (non-hydrogen) atoms. The van der Waals surface area contributed by atoms with E-state index in [-0.39, 0.29) is 0 Å². The summed E-state index contributed by atoms with van der Waals surface area (Å²) in [7, 11) is 0. The molecule has 4 aliphatic carbocycles. The molecule has 1 nitrogen and oxygen atoms in total. The van der Waals surface area contributed by atoms with Crippen molar-refractivity contribution in [2.45, 2.75) is 132 Å². The first-order valence-corrected chi connectivity index (χ1v) is 14.9. The lowest BCUT2D eigenvalue weighted by Gasteiger charge is -2.61. The van der Waals surface area contributed by atoms with Gasteiger partial charge in [-0.2, -0.15) is 0 Å². The van der Waals surface area contributed by atoms with E-state index in [0.717, 1.165) is 54.0 Å². The van der Waals surface area contributed by atoms with E-state index in [0.29, 0.717) is 16.9 Å². The SMILES string of the molecule is CCOC1CC[C@@]2(C)C(CC[C@H]3[C@@H]4CC[C@H]([C@H](C)CC[C@@H](CC)C(C)C)[C@@]4(C)CC[C@@H]32)C1. The van der Waals surface area contributed by atoms with Crippen LogP contribution in [0.1, 0.15) is 126 Å². The summed E-state index contributed by atoms with van der Waals surface area (Å²) in [5.74, 6) is 7.65. The molecule has 0 radical (unpaired) electrons. The van der Waals surface area contributed by atoms with Crippen LogP contribution >= 0.6 is 0 Å². The molecule has 0 spiro atoms. The normalized spacial score (nSPS) is 45.8. The summed E-state index contributed by atoms with van der Waals surface area (Å²) in [6, 6.07) is 0. The van der Waals surface area contributed by atoms with Crippen molar-refractivity contribution in [2.24, 2.45) is 58.2 Å². The monoisotopic (exact) mass is 444 g/mol. The van der Waals surface area contributed by atoms with Gasteiger partial charge in [-0.1, -0.05) is 54.4 Å². The Morgan fingerprint density at radius 2 is 1.53 bits per heavy atom. The van der Waals surface area contributed by atoms with Crippen molar-refractivity contribution in [1.82, 2.24) is 0 Å². The minimum absolute atomic E-state index is 0.554. The van der Waals surface area contributed by atoms with Gasteiger partial charge in [0.15, 0.2) is 0 Å². The van der Waals surface area contributed by atoms with E-state index in [2.05, 4.69) is 48.5 Å². The van der Waals surface area contributed by atoms with Crippen molar-refractivity contribution in [3.63, 3.8) is 0 Å². The summed E-state index contributed by atoms with van der Waals surface area (Å²) in [5, 5.41) is 0. The number of ether oxygens (including phenoxy) is 1. The highest BCUT2D eigenvalue weighted by Crippen LogP contribution is 2.68. The zero-order valence-electron chi connectivity index (χ0n) is 22.8. The van der Waals surface area contributed by atoms with Gasteiger partial charge in [0.1, 0.15) is 0 Å². The molecule has 0 amide bonds. The minimum atomic E-state index is 0.554. The Morgan fingerprint density at radius 1 is 0.812 bits per heavy atom. The van der Waals surface area contributed by atoms with E-state index in [1.807, 2.05) is 0 Å². The second-order valence-electron chi connectivity index (χ2n) is 13.7. The van der Waals surface area contributed by atoms with E-state index in [1.54, 1.807) is 0 Å². The number of fused-ring (bicyclic) bond motifs is 5. The molecular formula is C31H56O. The number of hydrogen-bond donors (Lipinski definition) is 0. The fourth-order valence-corrected chi connectivity index (χ4v) is 10.3. The van der Waals surface area contributed by atoms with Crippen LogP contribution in [0, 0.1) is 58.2 Å². The zero-order valence-corrected chi connectivity index (χ0v) is 22.8. The van der Waals surface area contributed by atoms with Crippen molar-refractivity contribution < 1.29 is 4.74 Å². The maximum absolute atomic E-state index is 6.10. The summed E-state index contributed by atoms with van der Waals surface area (Å²) in [6.07, 6.45) is 18.1. The average Bonchev–Trinajstić information content (AvgIpc) is 3.11. The average molecular weight is 445 g/mol. The predicted octanol–water partition coefficient (Wildman–Crippen LogP) is 9.15. The second kappa shape index (κ2) is 9.91. The number of rotatable bonds is 8. The van der Waals surface area contributed by atoms with Gasteiger partial charge in [0.25, 0.3) is 0 Å². The van der Waals surface area contributed by atoms with Gasteiger partial charge >= 0.3 is 0 Å². The molecule has 2 unspecified atom stereocenters. The number of hydrogen-bond acceptors (Lipinski definition) is 1. The molecule has 0 bridgehead atoms. The lowest BCUT2D eigenvalue weighted by atomic mass is 9.44. The van der Waals surface area contributed by atoms with Crippen molar-refractivity contribution >= 4 is 0 Å². The molecule has 0 aliphatic heterocycles. The second-order valence-corrected chi connectivity index (χ2v) is 13.7. The van der Waals surface area contributed by atoms with Crippen LogP contribution in [0.3, 0.4) is 0 Å².